The van der Waals surface area contributed by atoms with E-state index in [-0.39, 0.29) is 12.0 Å². The first-order valence-electron chi connectivity index (χ1n) is 8.92. The Labute approximate surface area is 155 Å². The van der Waals surface area contributed by atoms with Crippen LogP contribution in [0.5, 0.6) is 5.75 Å². The molecule has 0 spiro atoms. The summed E-state index contributed by atoms with van der Waals surface area (Å²) in [4.78, 5) is 24.6. The van der Waals surface area contributed by atoms with E-state index in [2.05, 4.69) is 5.32 Å². The number of hydrogen-bond acceptors (Lipinski definition) is 5. The first-order valence-corrected chi connectivity index (χ1v) is 8.92. The molecule has 1 aromatic rings. The first-order chi connectivity index (χ1) is 12.2. The van der Waals surface area contributed by atoms with Crippen LogP contribution < -0.4 is 10.1 Å². The third-order valence-corrected chi connectivity index (χ3v) is 4.76. The van der Waals surface area contributed by atoms with Gasteiger partial charge in [0, 0.05) is 6.04 Å². The number of benzene rings is 1. The molecule has 1 aliphatic carbocycles. The maximum Gasteiger partial charge on any atom is 0.407 e. The van der Waals surface area contributed by atoms with Crippen molar-refractivity contribution >= 4 is 12.1 Å². The molecule has 0 unspecified atom stereocenters. The van der Waals surface area contributed by atoms with Crippen molar-refractivity contribution < 1.29 is 23.8 Å². The van der Waals surface area contributed by atoms with Crippen LogP contribution in [0.4, 0.5) is 4.79 Å². The lowest BCUT2D eigenvalue weighted by Crippen LogP contribution is -2.47. The molecule has 6 nitrogen and oxygen atoms in total. The second-order valence-corrected chi connectivity index (χ2v) is 7.73. The molecular weight excluding hydrogens is 334 g/mol. The van der Waals surface area contributed by atoms with Crippen LogP contribution >= 0.6 is 0 Å². The van der Waals surface area contributed by atoms with Gasteiger partial charge in [0.15, 0.2) is 0 Å². The monoisotopic (exact) mass is 363 g/mol. The van der Waals surface area contributed by atoms with Crippen molar-refractivity contribution in [2.24, 2.45) is 0 Å². The summed E-state index contributed by atoms with van der Waals surface area (Å²) in [6, 6.07) is 7.53. The lowest BCUT2D eigenvalue weighted by Gasteiger charge is -2.38. The van der Waals surface area contributed by atoms with E-state index in [0.717, 1.165) is 5.56 Å². The van der Waals surface area contributed by atoms with E-state index in [1.165, 1.54) is 7.11 Å². The van der Waals surface area contributed by atoms with Crippen molar-refractivity contribution in [3.63, 3.8) is 0 Å². The van der Waals surface area contributed by atoms with Gasteiger partial charge in [0.25, 0.3) is 0 Å². The Hall–Kier alpha value is -2.24. The number of ether oxygens (including phenoxy) is 3. The number of amides is 1. The highest BCUT2D eigenvalue weighted by Gasteiger charge is 2.45. The van der Waals surface area contributed by atoms with E-state index in [1.807, 2.05) is 45.0 Å². The van der Waals surface area contributed by atoms with Crippen molar-refractivity contribution in [3.05, 3.63) is 29.8 Å². The Balaban J connectivity index is 2.12. The Morgan fingerprint density at radius 1 is 1.15 bits per heavy atom. The van der Waals surface area contributed by atoms with E-state index in [9.17, 15) is 9.59 Å². The number of esters is 1. The fraction of sp³-hybridized carbons (Fsp3) is 0.600. The van der Waals surface area contributed by atoms with Gasteiger partial charge in [-0.1, -0.05) is 12.1 Å². The summed E-state index contributed by atoms with van der Waals surface area (Å²) in [7, 11) is 3.01. The molecule has 0 bridgehead atoms. The maximum atomic E-state index is 12.6. The third-order valence-electron chi connectivity index (χ3n) is 4.76. The van der Waals surface area contributed by atoms with Crippen molar-refractivity contribution in [2.75, 3.05) is 14.2 Å². The van der Waals surface area contributed by atoms with Gasteiger partial charge in [-0.3, -0.25) is 4.79 Å². The number of alkyl carbamates (subject to hydrolysis) is 1. The Morgan fingerprint density at radius 2 is 1.81 bits per heavy atom. The van der Waals surface area contributed by atoms with Gasteiger partial charge >= 0.3 is 12.1 Å². The van der Waals surface area contributed by atoms with Crippen molar-refractivity contribution in [1.82, 2.24) is 5.32 Å². The highest BCUT2D eigenvalue weighted by molar-refractivity contribution is 5.83. The van der Waals surface area contributed by atoms with Gasteiger partial charge in [0.2, 0.25) is 0 Å². The molecule has 2 rings (SSSR count). The number of carbonyl (C=O) groups is 2. The van der Waals surface area contributed by atoms with Crippen LogP contribution in [-0.4, -0.2) is 37.9 Å². The van der Waals surface area contributed by atoms with Crippen LogP contribution in [-0.2, 0) is 19.7 Å². The highest BCUT2D eigenvalue weighted by atomic mass is 16.6. The molecule has 144 valence electrons. The van der Waals surface area contributed by atoms with Crippen LogP contribution in [0.2, 0.25) is 0 Å². The van der Waals surface area contributed by atoms with Crippen molar-refractivity contribution in [3.8, 4) is 5.75 Å². The second-order valence-electron chi connectivity index (χ2n) is 7.73. The summed E-state index contributed by atoms with van der Waals surface area (Å²) >= 11 is 0. The second kappa shape index (κ2) is 7.98. The topological polar surface area (TPSA) is 73.9 Å². The number of methoxy groups -OCH3 is 2. The van der Waals surface area contributed by atoms with Crippen molar-refractivity contribution in [1.29, 1.82) is 0 Å². The minimum Gasteiger partial charge on any atom is -0.497 e. The number of hydrogen-bond donors (Lipinski definition) is 1. The zero-order valence-electron chi connectivity index (χ0n) is 16.3. The van der Waals surface area contributed by atoms with Crippen LogP contribution in [0.1, 0.15) is 52.0 Å². The van der Waals surface area contributed by atoms with Gasteiger partial charge in [-0.25, -0.2) is 4.79 Å². The highest BCUT2D eigenvalue weighted by Crippen LogP contribution is 2.41. The molecule has 1 fully saturated rings. The number of carbonyl (C=O) groups excluding carboxylic acids is 2. The summed E-state index contributed by atoms with van der Waals surface area (Å²) in [6.07, 6.45) is 2.10. The molecule has 0 saturated heterocycles. The predicted octanol–water partition coefficient (Wildman–Crippen LogP) is 3.57. The van der Waals surface area contributed by atoms with Gasteiger partial charge in [-0.15, -0.1) is 0 Å². The molecule has 0 heterocycles. The molecule has 6 heteroatoms. The third kappa shape index (κ3) is 4.68. The molecule has 0 aliphatic heterocycles. The molecule has 0 aromatic heterocycles. The van der Waals surface area contributed by atoms with E-state index < -0.39 is 17.1 Å². The van der Waals surface area contributed by atoms with Gasteiger partial charge in [-0.2, -0.15) is 0 Å². The summed E-state index contributed by atoms with van der Waals surface area (Å²) in [5.74, 6) is 0.459. The van der Waals surface area contributed by atoms with Crippen LogP contribution in [0.15, 0.2) is 24.3 Å². The van der Waals surface area contributed by atoms with Crippen LogP contribution in [0.25, 0.3) is 0 Å². The summed E-state index contributed by atoms with van der Waals surface area (Å²) in [6.45, 7) is 5.50. The smallest absolute Gasteiger partial charge is 0.407 e. The normalized spacial score (nSPS) is 23.0. The van der Waals surface area contributed by atoms with Crippen LogP contribution in [0, 0.1) is 0 Å². The summed E-state index contributed by atoms with van der Waals surface area (Å²) < 4.78 is 15.7. The Kier molecular flexibility index (Phi) is 6.16. The fourth-order valence-electron chi connectivity index (χ4n) is 3.46. The van der Waals surface area contributed by atoms with Gasteiger partial charge < -0.3 is 19.5 Å². The first kappa shape index (κ1) is 20.1. The molecule has 1 saturated carbocycles. The van der Waals surface area contributed by atoms with Crippen LogP contribution in [0.3, 0.4) is 0 Å². The van der Waals surface area contributed by atoms with Gasteiger partial charge in [-0.05, 0) is 64.2 Å². The molecule has 1 aromatic carbocycles. The summed E-state index contributed by atoms with van der Waals surface area (Å²) in [5.41, 5.74) is -0.357. The average molecular weight is 363 g/mol. The molecular formula is C20H29NO5. The van der Waals surface area contributed by atoms with E-state index in [4.69, 9.17) is 14.2 Å². The Bertz CT molecular complexity index is 642. The standard InChI is InChI=1S/C20H29NO5/c1-19(2,3)26-18(23)21-15-9-11-20(12-10-15,17(22)25-5)14-7-6-8-16(13-14)24-4/h6-8,13,15H,9-12H2,1-5H3,(H,21,23)/t15-,20+. The van der Waals surface area contributed by atoms with Gasteiger partial charge in [0.05, 0.1) is 19.6 Å². The minimum absolute atomic E-state index is 0.0201. The maximum absolute atomic E-state index is 12.6. The lowest BCUT2D eigenvalue weighted by atomic mass is 9.68. The molecule has 1 aliphatic rings. The van der Waals surface area contributed by atoms with E-state index >= 15 is 0 Å². The van der Waals surface area contributed by atoms with Crippen molar-refractivity contribution in [2.45, 2.75) is 63.5 Å². The Morgan fingerprint density at radius 3 is 2.35 bits per heavy atom. The van der Waals surface area contributed by atoms with Gasteiger partial charge in [0.1, 0.15) is 11.4 Å². The molecule has 26 heavy (non-hydrogen) atoms. The predicted molar refractivity (Wildman–Crippen MR) is 98.3 cm³/mol. The minimum atomic E-state index is -0.713. The zero-order chi connectivity index (χ0) is 19.4. The molecule has 0 atom stereocenters. The average Bonchev–Trinajstić information content (AvgIpc) is 2.60. The zero-order valence-corrected chi connectivity index (χ0v) is 16.3. The number of nitrogens with one attached hydrogen (secondary N) is 1. The molecule has 0 radical (unpaired) electrons. The molecule has 1 amide bonds. The van der Waals surface area contributed by atoms with E-state index in [1.54, 1.807) is 7.11 Å². The largest absolute Gasteiger partial charge is 0.497 e. The summed E-state index contributed by atoms with van der Waals surface area (Å²) in [5, 5.41) is 2.91. The van der Waals surface area contributed by atoms with E-state index in [0.29, 0.717) is 31.4 Å². The lowest BCUT2D eigenvalue weighted by molar-refractivity contribution is -0.149. The fourth-order valence-corrected chi connectivity index (χ4v) is 3.46. The number of rotatable bonds is 4. The SMILES string of the molecule is COc1cccc([C@]2(C(=O)OC)CC[C@@H](NC(=O)OC(C)(C)C)CC2)c1. The molecule has 1 N–H and O–H groups in total. The quantitative estimate of drug-likeness (QED) is 0.828.